The Balaban J connectivity index is 1.32. The number of nitrogens with one attached hydrogen (secondary N) is 1. The molecule has 1 fully saturated rings. The van der Waals surface area contributed by atoms with Gasteiger partial charge in [-0.15, -0.1) is 0 Å². The Morgan fingerprint density at radius 1 is 1.09 bits per heavy atom. The molecular formula is C18H25N5. The number of nitrogens with zero attached hydrogens (tertiary/aromatic N) is 4. The molecule has 23 heavy (non-hydrogen) atoms. The van der Waals surface area contributed by atoms with Crippen LogP contribution in [0.2, 0.25) is 0 Å². The van der Waals surface area contributed by atoms with Gasteiger partial charge in [0.25, 0.3) is 0 Å². The molecule has 0 radical (unpaired) electrons. The number of pyridine rings is 1. The van der Waals surface area contributed by atoms with Crippen molar-refractivity contribution in [3.63, 3.8) is 0 Å². The fourth-order valence-electron chi connectivity index (χ4n) is 3.76. The lowest BCUT2D eigenvalue weighted by Crippen LogP contribution is -2.45. The molecule has 0 spiro atoms. The summed E-state index contributed by atoms with van der Waals surface area (Å²) in [7, 11) is 0. The van der Waals surface area contributed by atoms with Gasteiger partial charge in [0.15, 0.2) is 0 Å². The summed E-state index contributed by atoms with van der Waals surface area (Å²) in [5, 5.41) is 7.77. The van der Waals surface area contributed by atoms with Gasteiger partial charge in [0.05, 0.1) is 5.69 Å². The summed E-state index contributed by atoms with van der Waals surface area (Å²) in [4.78, 5) is 9.47. The van der Waals surface area contributed by atoms with Gasteiger partial charge in [0.1, 0.15) is 0 Å². The molecule has 5 heteroatoms. The Bertz CT molecular complexity index is 670. The zero-order chi connectivity index (χ0) is 15.6. The highest BCUT2D eigenvalue weighted by molar-refractivity contribution is 5.29. The maximum atomic E-state index is 4.54. The molecule has 1 aliphatic heterocycles. The van der Waals surface area contributed by atoms with Crippen LogP contribution in [-0.4, -0.2) is 51.2 Å². The van der Waals surface area contributed by atoms with E-state index in [1.807, 2.05) is 12.3 Å². The Labute approximate surface area is 137 Å². The van der Waals surface area contributed by atoms with Gasteiger partial charge in [-0.3, -0.25) is 19.9 Å². The fourth-order valence-corrected chi connectivity index (χ4v) is 3.76. The van der Waals surface area contributed by atoms with Crippen LogP contribution in [0.4, 0.5) is 0 Å². The minimum atomic E-state index is 1.01. The van der Waals surface area contributed by atoms with E-state index in [0.29, 0.717) is 0 Å². The third-order valence-electron chi connectivity index (χ3n) is 5.24. The normalized spacial score (nSPS) is 19.2. The Morgan fingerprint density at radius 3 is 2.65 bits per heavy atom. The van der Waals surface area contributed by atoms with Crippen LogP contribution in [0.1, 0.15) is 34.6 Å². The molecule has 3 heterocycles. The Morgan fingerprint density at radius 2 is 1.87 bits per heavy atom. The van der Waals surface area contributed by atoms with Crippen LogP contribution < -0.4 is 0 Å². The van der Waals surface area contributed by atoms with E-state index in [0.717, 1.165) is 45.0 Å². The van der Waals surface area contributed by atoms with Crippen molar-refractivity contribution in [3.8, 4) is 0 Å². The molecule has 0 saturated carbocycles. The van der Waals surface area contributed by atoms with Crippen LogP contribution in [-0.2, 0) is 25.9 Å². The van der Waals surface area contributed by atoms with Crippen LogP contribution in [0, 0.1) is 6.92 Å². The number of rotatable bonds is 4. The molecule has 2 aliphatic rings. The highest BCUT2D eigenvalue weighted by Gasteiger charge is 2.22. The van der Waals surface area contributed by atoms with Crippen molar-refractivity contribution in [3.05, 3.63) is 46.5 Å². The fraction of sp³-hybridized carbons (Fsp3) is 0.556. The van der Waals surface area contributed by atoms with Crippen molar-refractivity contribution in [2.45, 2.75) is 39.3 Å². The molecule has 2 aromatic rings. The van der Waals surface area contributed by atoms with Gasteiger partial charge in [0, 0.05) is 56.9 Å². The number of hydrogen-bond acceptors (Lipinski definition) is 4. The zero-order valence-electron chi connectivity index (χ0n) is 13.9. The summed E-state index contributed by atoms with van der Waals surface area (Å²) in [6.07, 6.45) is 5.55. The predicted molar refractivity (Wildman–Crippen MR) is 90.1 cm³/mol. The quantitative estimate of drug-likeness (QED) is 0.937. The van der Waals surface area contributed by atoms with Crippen molar-refractivity contribution in [2.24, 2.45) is 0 Å². The number of hydrogen-bond donors (Lipinski definition) is 1. The largest absolute Gasteiger partial charge is 0.296 e. The van der Waals surface area contributed by atoms with E-state index in [2.05, 4.69) is 38.0 Å². The van der Waals surface area contributed by atoms with Crippen LogP contribution in [0.15, 0.2) is 18.3 Å². The second-order valence-electron chi connectivity index (χ2n) is 6.78. The predicted octanol–water partition coefficient (Wildman–Crippen LogP) is 1.92. The van der Waals surface area contributed by atoms with Gasteiger partial charge >= 0.3 is 0 Å². The summed E-state index contributed by atoms with van der Waals surface area (Å²) in [5.41, 5.74) is 6.67. The van der Waals surface area contributed by atoms with Crippen molar-refractivity contribution < 1.29 is 0 Å². The van der Waals surface area contributed by atoms with Crippen LogP contribution in [0.3, 0.4) is 0 Å². The molecule has 0 bridgehead atoms. The molecule has 122 valence electrons. The smallest absolute Gasteiger partial charge is 0.0797 e. The highest BCUT2D eigenvalue weighted by atomic mass is 15.3. The monoisotopic (exact) mass is 311 g/mol. The van der Waals surface area contributed by atoms with Gasteiger partial charge in [-0.05, 0) is 43.4 Å². The molecule has 0 amide bonds. The molecule has 0 aromatic carbocycles. The molecule has 1 N–H and O–H groups in total. The molecule has 5 nitrogen and oxygen atoms in total. The first-order valence-electron chi connectivity index (χ1n) is 8.70. The maximum Gasteiger partial charge on any atom is 0.0797 e. The number of aryl methyl sites for hydroxylation is 2. The molecule has 1 saturated heterocycles. The van der Waals surface area contributed by atoms with E-state index < -0.39 is 0 Å². The second kappa shape index (κ2) is 6.42. The number of H-pyrrole nitrogens is 1. The SMILES string of the molecule is Cc1ncccc1CN1CCN(Cc2n[nH]c3c2CCC3)CC1. The summed E-state index contributed by atoms with van der Waals surface area (Å²) in [5.74, 6) is 0. The van der Waals surface area contributed by atoms with Crippen molar-refractivity contribution in [1.82, 2.24) is 25.0 Å². The van der Waals surface area contributed by atoms with Gasteiger partial charge < -0.3 is 0 Å². The second-order valence-corrected chi connectivity index (χ2v) is 6.78. The molecule has 4 rings (SSSR count). The molecule has 0 atom stereocenters. The number of fused-ring (bicyclic) bond motifs is 1. The lowest BCUT2D eigenvalue weighted by atomic mass is 10.1. The maximum absolute atomic E-state index is 4.54. The van der Waals surface area contributed by atoms with E-state index in [1.54, 1.807) is 0 Å². The zero-order valence-corrected chi connectivity index (χ0v) is 13.9. The standard InChI is InChI=1S/C18H25N5/c1-14-15(4-3-7-19-14)12-22-8-10-23(11-9-22)13-18-16-5-2-6-17(16)20-21-18/h3-4,7H,2,5-6,8-13H2,1H3,(H,20,21). The third-order valence-corrected chi connectivity index (χ3v) is 5.24. The van der Waals surface area contributed by atoms with Gasteiger partial charge in [-0.25, -0.2) is 0 Å². The first-order valence-corrected chi connectivity index (χ1v) is 8.70. The van der Waals surface area contributed by atoms with E-state index in [9.17, 15) is 0 Å². The lowest BCUT2D eigenvalue weighted by molar-refractivity contribution is 0.120. The average molecular weight is 311 g/mol. The molecular weight excluding hydrogens is 286 g/mol. The number of aromatic nitrogens is 3. The number of piperazine rings is 1. The summed E-state index contributed by atoms with van der Waals surface area (Å²) >= 11 is 0. The Kier molecular flexibility index (Phi) is 4.14. The van der Waals surface area contributed by atoms with Crippen molar-refractivity contribution in [1.29, 1.82) is 0 Å². The summed E-state index contributed by atoms with van der Waals surface area (Å²) < 4.78 is 0. The topological polar surface area (TPSA) is 48.1 Å². The minimum absolute atomic E-state index is 1.01. The van der Waals surface area contributed by atoms with Crippen LogP contribution in [0.25, 0.3) is 0 Å². The van der Waals surface area contributed by atoms with E-state index >= 15 is 0 Å². The minimum Gasteiger partial charge on any atom is -0.296 e. The average Bonchev–Trinajstić information content (AvgIpc) is 3.17. The van der Waals surface area contributed by atoms with Crippen molar-refractivity contribution in [2.75, 3.05) is 26.2 Å². The molecule has 0 unspecified atom stereocenters. The van der Waals surface area contributed by atoms with Gasteiger partial charge in [-0.2, -0.15) is 5.10 Å². The molecule has 1 aliphatic carbocycles. The highest BCUT2D eigenvalue weighted by Crippen LogP contribution is 2.24. The van der Waals surface area contributed by atoms with E-state index in [-0.39, 0.29) is 0 Å². The van der Waals surface area contributed by atoms with Crippen LogP contribution >= 0.6 is 0 Å². The first kappa shape index (κ1) is 14.8. The molecule has 2 aromatic heterocycles. The van der Waals surface area contributed by atoms with Crippen LogP contribution in [0.5, 0.6) is 0 Å². The summed E-state index contributed by atoms with van der Waals surface area (Å²) in [6, 6.07) is 4.23. The third kappa shape index (κ3) is 3.16. The van der Waals surface area contributed by atoms with Crippen molar-refractivity contribution >= 4 is 0 Å². The van der Waals surface area contributed by atoms with E-state index in [4.69, 9.17) is 0 Å². The van der Waals surface area contributed by atoms with Gasteiger partial charge in [0.2, 0.25) is 0 Å². The Hall–Kier alpha value is -1.72. The van der Waals surface area contributed by atoms with Gasteiger partial charge in [-0.1, -0.05) is 6.07 Å². The first-order chi connectivity index (χ1) is 11.3. The van der Waals surface area contributed by atoms with E-state index in [1.165, 1.54) is 41.8 Å². The lowest BCUT2D eigenvalue weighted by Gasteiger charge is -2.34. The summed E-state index contributed by atoms with van der Waals surface area (Å²) in [6.45, 7) is 8.63. The number of aromatic amines is 1.